The van der Waals surface area contributed by atoms with Gasteiger partial charge in [0.1, 0.15) is 12.5 Å². The molecule has 1 aliphatic heterocycles. The third kappa shape index (κ3) is 4.21. The second-order valence-electron chi connectivity index (χ2n) is 5.84. The Balaban J connectivity index is 1.68. The molecule has 0 unspecified atom stereocenters. The minimum Gasteiger partial charge on any atom is -0.451 e. The van der Waals surface area contributed by atoms with Crippen molar-refractivity contribution in [3.63, 3.8) is 0 Å². The summed E-state index contributed by atoms with van der Waals surface area (Å²) in [5, 5.41) is 0. The number of likely N-dealkylation sites (tertiary alicyclic amines) is 1. The van der Waals surface area contributed by atoms with E-state index in [9.17, 15) is 9.59 Å². The number of carbonyl (C=O) groups is 2. The van der Waals surface area contributed by atoms with Gasteiger partial charge in [0.25, 0.3) is 0 Å². The lowest BCUT2D eigenvalue weighted by molar-refractivity contribution is -0.141. The van der Waals surface area contributed by atoms with E-state index in [0.717, 1.165) is 19.3 Å². The van der Waals surface area contributed by atoms with Gasteiger partial charge in [0.05, 0.1) is 31.0 Å². The van der Waals surface area contributed by atoms with Gasteiger partial charge in [-0.1, -0.05) is 6.42 Å². The first kappa shape index (κ1) is 16.2. The van der Waals surface area contributed by atoms with Crippen molar-refractivity contribution in [3.8, 4) is 0 Å². The Morgan fingerprint density at radius 1 is 1.08 bits per heavy atom. The number of nitrogens with zero attached hydrogens (tertiary/aromatic N) is 4. The van der Waals surface area contributed by atoms with Crippen LogP contribution in [-0.4, -0.2) is 44.7 Å². The van der Waals surface area contributed by atoms with Crippen molar-refractivity contribution in [2.24, 2.45) is 0 Å². The molecule has 0 spiro atoms. The molecule has 24 heavy (non-hydrogen) atoms. The van der Waals surface area contributed by atoms with Gasteiger partial charge < -0.3 is 18.6 Å². The molecule has 8 heteroatoms. The molecule has 2 amide bonds. The van der Waals surface area contributed by atoms with E-state index in [0.29, 0.717) is 37.4 Å². The summed E-state index contributed by atoms with van der Waals surface area (Å²) in [5.41, 5.74) is 1.29. The Bertz CT molecular complexity index is 617. The molecule has 1 saturated heterocycles. The fourth-order valence-corrected chi connectivity index (χ4v) is 2.72. The molecule has 0 bridgehead atoms. The second kappa shape index (κ2) is 7.76. The summed E-state index contributed by atoms with van der Waals surface area (Å²) < 4.78 is 9.93. The van der Waals surface area contributed by atoms with Gasteiger partial charge in [0.2, 0.25) is 11.8 Å². The maximum atomic E-state index is 12.7. The van der Waals surface area contributed by atoms with Gasteiger partial charge >= 0.3 is 0 Å². The van der Waals surface area contributed by atoms with E-state index in [4.69, 9.17) is 8.83 Å². The molecule has 128 valence electrons. The van der Waals surface area contributed by atoms with Crippen molar-refractivity contribution in [3.05, 3.63) is 36.7 Å². The van der Waals surface area contributed by atoms with Gasteiger partial charge in [-0.3, -0.25) is 9.59 Å². The highest BCUT2D eigenvalue weighted by Crippen LogP contribution is 2.13. The minimum atomic E-state index is -0.142. The summed E-state index contributed by atoms with van der Waals surface area (Å²) in [6.45, 7) is 1.30. The maximum absolute atomic E-state index is 12.7. The summed E-state index contributed by atoms with van der Waals surface area (Å²) in [5.74, 6) is -0.0973. The first-order valence-electron chi connectivity index (χ1n) is 8.02. The van der Waals surface area contributed by atoms with E-state index < -0.39 is 0 Å². The van der Waals surface area contributed by atoms with Crippen LogP contribution in [0.25, 0.3) is 0 Å². The first-order valence-corrected chi connectivity index (χ1v) is 8.02. The van der Waals surface area contributed by atoms with Crippen LogP contribution in [0.15, 0.2) is 34.1 Å². The van der Waals surface area contributed by atoms with E-state index in [2.05, 4.69) is 9.97 Å². The zero-order valence-electron chi connectivity index (χ0n) is 13.4. The smallest absolute Gasteiger partial charge is 0.242 e. The predicted octanol–water partition coefficient (Wildman–Crippen LogP) is 1.59. The highest BCUT2D eigenvalue weighted by molar-refractivity contribution is 5.85. The third-order valence-electron chi connectivity index (χ3n) is 4.02. The van der Waals surface area contributed by atoms with Crippen molar-refractivity contribution in [1.82, 2.24) is 19.8 Å². The standard InChI is InChI=1S/C16H20N4O4/c21-15-4-2-1-3-5-19(15)8-16(22)20(6-13-9-23-11-17-13)7-14-10-24-12-18-14/h9-12H,1-8H2. The lowest BCUT2D eigenvalue weighted by atomic mass is 10.2. The molecule has 2 aromatic rings. The molecular formula is C16H20N4O4. The van der Waals surface area contributed by atoms with Crippen molar-refractivity contribution >= 4 is 11.8 Å². The molecule has 3 heterocycles. The molecule has 0 aromatic carbocycles. The average Bonchev–Trinajstić information content (AvgIpc) is 3.23. The van der Waals surface area contributed by atoms with Crippen LogP contribution in [-0.2, 0) is 22.7 Å². The van der Waals surface area contributed by atoms with Crippen molar-refractivity contribution in [2.75, 3.05) is 13.1 Å². The molecule has 0 aliphatic carbocycles. The van der Waals surface area contributed by atoms with Gasteiger partial charge in [-0.2, -0.15) is 0 Å². The van der Waals surface area contributed by atoms with Gasteiger partial charge in [-0.25, -0.2) is 9.97 Å². The van der Waals surface area contributed by atoms with Crippen molar-refractivity contribution in [1.29, 1.82) is 0 Å². The van der Waals surface area contributed by atoms with E-state index in [1.165, 1.54) is 25.3 Å². The maximum Gasteiger partial charge on any atom is 0.242 e. The average molecular weight is 332 g/mol. The van der Waals surface area contributed by atoms with Gasteiger partial charge in [0, 0.05) is 13.0 Å². The number of amides is 2. The molecule has 1 fully saturated rings. The normalized spacial score (nSPS) is 15.3. The molecule has 1 aliphatic rings. The summed E-state index contributed by atoms with van der Waals surface area (Å²) >= 11 is 0. The molecule has 0 saturated carbocycles. The SMILES string of the molecule is O=C1CCCCCN1CC(=O)N(Cc1cocn1)Cc1cocn1. The first-order chi connectivity index (χ1) is 11.7. The molecule has 0 N–H and O–H groups in total. The second-order valence-corrected chi connectivity index (χ2v) is 5.84. The van der Waals surface area contributed by atoms with E-state index in [-0.39, 0.29) is 18.4 Å². The zero-order chi connectivity index (χ0) is 16.8. The predicted molar refractivity (Wildman–Crippen MR) is 82.3 cm³/mol. The van der Waals surface area contributed by atoms with Crippen LogP contribution in [0.2, 0.25) is 0 Å². The fourth-order valence-electron chi connectivity index (χ4n) is 2.72. The molecule has 2 aromatic heterocycles. The quantitative estimate of drug-likeness (QED) is 0.797. The van der Waals surface area contributed by atoms with Crippen LogP contribution in [0.5, 0.6) is 0 Å². The summed E-state index contributed by atoms with van der Waals surface area (Å²) in [7, 11) is 0. The monoisotopic (exact) mass is 332 g/mol. The topological polar surface area (TPSA) is 92.7 Å². The van der Waals surface area contributed by atoms with Crippen LogP contribution in [0, 0.1) is 0 Å². The fraction of sp³-hybridized carbons (Fsp3) is 0.500. The molecule has 0 atom stereocenters. The third-order valence-corrected chi connectivity index (χ3v) is 4.02. The minimum absolute atomic E-state index is 0.0451. The lowest BCUT2D eigenvalue weighted by Gasteiger charge is -2.25. The van der Waals surface area contributed by atoms with Crippen LogP contribution < -0.4 is 0 Å². The van der Waals surface area contributed by atoms with E-state index in [1.54, 1.807) is 9.80 Å². The Kier molecular flexibility index (Phi) is 5.25. The van der Waals surface area contributed by atoms with Gasteiger partial charge in [-0.15, -0.1) is 0 Å². The Hall–Kier alpha value is -2.64. The molecule has 3 rings (SSSR count). The number of aromatic nitrogens is 2. The largest absolute Gasteiger partial charge is 0.451 e. The van der Waals surface area contributed by atoms with E-state index >= 15 is 0 Å². The highest BCUT2D eigenvalue weighted by atomic mass is 16.3. The summed E-state index contributed by atoms with van der Waals surface area (Å²) in [6.07, 6.45) is 9.02. The molecular weight excluding hydrogens is 312 g/mol. The van der Waals surface area contributed by atoms with Crippen LogP contribution in [0.1, 0.15) is 37.1 Å². The van der Waals surface area contributed by atoms with Crippen LogP contribution in [0.3, 0.4) is 0 Å². The van der Waals surface area contributed by atoms with Gasteiger partial charge in [-0.05, 0) is 12.8 Å². The summed E-state index contributed by atoms with van der Waals surface area (Å²) in [6, 6.07) is 0. The van der Waals surface area contributed by atoms with Crippen LogP contribution >= 0.6 is 0 Å². The molecule has 0 radical (unpaired) electrons. The van der Waals surface area contributed by atoms with Gasteiger partial charge in [0.15, 0.2) is 12.8 Å². The lowest BCUT2D eigenvalue weighted by Crippen LogP contribution is -2.42. The number of rotatable bonds is 6. The number of oxazole rings is 2. The highest BCUT2D eigenvalue weighted by Gasteiger charge is 2.23. The Morgan fingerprint density at radius 3 is 2.33 bits per heavy atom. The van der Waals surface area contributed by atoms with Crippen LogP contribution in [0.4, 0.5) is 0 Å². The number of carbonyl (C=O) groups excluding carboxylic acids is 2. The summed E-state index contributed by atoms with van der Waals surface area (Å²) in [4.78, 5) is 36.2. The number of hydrogen-bond acceptors (Lipinski definition) is 6. The zero-order valence-corrected chi connectivity index (χ0v) is 13.4. The van der Waals surface area contributed by atoms with Crippen molar-refractivity contribution in [2.45, 2.75) is 38.8 Å². The van der Waals surface area contributed by atoms with Crippen molar-refractivity contribution < 1.29 is 18.4 Å². The Morgan fingerprint density at radius 2 is 1.75 bits per heavy atom. The molecule has 8 nitrogen and oxygen atoms in total. The Labute approximate surface area is 139 Å². The van der Waals surface area contributed by atoms with E-state index in [1.807, 2.05) is 0 Å². The number of hydrogen-bond donors (Lipinski definition) is 0.